The van der Waals surface area contributed by atoms with Gasteiger partial charge in [0.25, 0.3) is 5.91 Å². The van der Waals surface area contributed by atoms with Gasteiger partial charge in [-0.3, -0.25) is 15.3 Å². The van der Waals surface area contributed by atoms with Crippen molar-refractivity contribution in [1.82, 2.24) is 10.8 Å². The van der Waals surface area contributed by atoms with Gasteiger partial charge in [-0.25, -0.2) is 5.48 Å². The molecule has 0 aliphatic rings. The van der Waals surface area contributed by atoms with Gasteiger partial charge < -0.3 is 14.9 Å². The molecule has 1 amide bonds. The van der Waals surface area contributed by atoms with Gasteiger partial charge in [0.1, 0.15) is 17.5 Å². The number of ether oxygens (including phenoxy) is 1. The molecule has 0 spiro atoms. The predicted molar refractivity (Wildman–Crippen MR) is 66.9 cm³/mol. The van der Waals surface area contributed by atoms with E-state index in [1.54, 1.807) is 12.1 Å². The van der Waals surface area contributed by atoms with Crippen LogP contribution in [0.15, 0.2) is 18.2 Å². The molecule has 0 aliphatic carbocycles. The number of carbonyl (C=O) groups is 1. The van der Waals surface area contributed by atoms with Crippen LogP contribution in [0.25, 0.3) is 0 Å². The predicted octanol–water partition coefficient (Wildman–Crippen LogP) is -0.255. The Hall–Kier alpha value is -1.83. The third-order valence-electron chi connectivity index (χ3n) is 2.70. The van der Waals surface area contributed by atoms with Crippen molar-refractivity contribution in [3.8, 4) is 11.5 Å². The molecule has 0 bridgehead atoms. The van der Waals surface area contributed by atoms with Crippen molar-refractivity contribution < 1.29 is 25.0 Å². The lowest BCUT2D eigenvalue weighted by Gasteiger charge is -2.20. The summed E-state index contributed by atoms with van der Waals surface area (Å²) in [5.41, 5.74) is 1.93. The van der Waals surface area contributed by atoms with Crippen molar-refractivity contribution in [3.63, 3.8) is 0 Å². The number of benzene rings is 1. The monoisotopic (exact) mass is 270 g/mol. The molecule has 0 saturated carbocycles. The maximum Gasteiger partial charge on any atom is 0.263 e. The molecule has 0 saturated heterocycles. The van der Waals surface area contributed by atoms with Crippen molar-refractivity contribution in [1.29, 1.82) is 0 Å². The summed E-state index contributed by atoms with van der Waals surface area (Å²) in [6.07, 6.45) is -1.01. The molecule has 0 unspecified atom stereocenters. The first-order valence-electron chi connectivity index (χ1n) is 5.71. The summed E-state index contributed by atoms with van der Waals surface area (Å²) < 4.78 is 5.09. The molecule has 2 atom stereocenters. The van der Waals surface area contributed by atoms with Crippen LogP contribution in [0.2, 0.25) is 0 Å². The molecule has 0 aromatic heterocycles. The van der Waals surface area contributed by atoms with Gasteiger partial charge in [0.05, 0.1) is 13.2 Å². The normalized spacial score (nSPS) is 13.7. The van der Waals surface area contributed by atoms with Crippen LogP contribution in [0.3, 0.4) is 0 Å². The van der Waals surface area contributed by atoms with E-state index < -0.39 is 18.1 Å². The second-order valence-electron chi connectivity index (χ2n) is 4.03. The Kier molecular flexibility index (Phi) is 5.56. The second-order valence-corrected chi connectivity index (χ2v) is 4.03. The van der Waals surface area contributed by atoms with Gasteiger partial charge in [-0.15, -0.1) is 0 Å². The van der Waals surface area contributed by atoms with Gasteiger partial charge in [0, 0.05) is 12.1 Å². The van der Waals surface area contributed by atoms with Crippen molar-refractivity contribution in [2.75, 3.05) is 7.11 Å². The first kappa shape index (κ1) is 15.2. The van der Waals surface area contributed by atoms with Crippen LogP contribution in [0.5, 0.6) is 11.5 Å². The van der Waals surface area contributed by atoms with Gasteiger partial charge in [0.2, 0.25) is 0 Å². The van der Waals surface area contributed by atoms with Gasteiger partial charge in [-0.1, -0.05) is 6.07 Å². The molecule has 1 aromatic rings. The number of phenols is 1. The first-order chi connectivity index (χ1) is 9.01. The summed E-state index contributed by atoms with van der Waals surface area (Å²) in [4.78, 5) is 11.3. The lowest BCUT2D eigenvalue weighted by atomic mass is 10.1. The average Bonchev–Trinajstić information content (AvgIpc) is 2.39. The molecule has 19 heavy (non-hydrogen) atoms. The smallest absolute Gasteiger partial charge is 0.263 e. The number of phenolic OH excluding ortho intramolecular Hbond substituents is 1. The highest BCUT2D eigenvalue weighted by atomic mass is 16.5. The summed E-state index contributed by atoms with van der Waals surface area (Å²) in [7, 11) is 1.46. The standard InChI is InChI=1S/C12H18N2O5/c1-7(15)11(12(17)14-18)13-6-8-9(16)4-3-5-10(8)19-2/h3-5,7,11,13,15-16,18H,6H2,1-2H3,(H,14,17)/t7-,11+/m1/s1. The zero-order valence-electron chi connectivity index (χ0n) is 10.8. The van der Waals surface area contributed by atoms with Crippen LogP contribution in [0, 0.1) is 0 Å². The highest BCUT2D eigenvalue weighted by molar-refractivity contribution is 5.81. The Bertz CT molecular complexity index is 436. The van der Waals surface area contributed by atoms with E-state index in [9.17, 15) is 15.0 Å². The van der Waals surface area contributed by atoms with E-state index in [-0.39, 0.29) is 12.3 Å². The zero-order valence-corrected chi connectivity index (χ0v) is 10.8. The highest BCUT2D eigenvalue weighted by Crippen LogP contribution is 2.27. The molecular weight excluding hydrogens is 252 g/mol. The van der Waals surface area contributed by atoms with Crippen LogP contribution in [0.1, 0.15) is 12.5 Å². The molecule has 0 fully saturated rings. The maximum atomic E-state index is 11.3. The van der Waals surface area contributed by atoms with E-state index in [0.29, 0.717) is 11.3 Å². The Labute approximate surface area is 110 Å². The minimum absolute atomic E-state index is 0.0144. The number of hydrogen-bond donors (Lipinski definition) is 5. The number of aromatic hydroxyl groups is 1. The third kappa shape index (κ3) is 3.82. The fourth-order valence-corrected chi connectivity index (χ4v) is 1.69. The summed E-state index contributed by atoms with van der Waals surface area (Å²) in [5, 5.41) is 30.5. The van der Waals surface area contributed by atoms with Crippen molar-refractivity contribution in [3.05, 3.63) is 23.8 Å². The minimum atomic E-state index is -1.01. The van der Waals surface area contributed by atoms with Gasteiger partial charge in [-0.2, -0.15) is 0 Å². The molecule has 7 heteroatoms. The number of aliphatic hydroxyl groups is 1. The van der Waals surface area contributed by atoms with Crippen LogP contribution in [0.4, 0.5) is 0 Å². The largest absolute Gasteiger partial charge is 0.507 e. The number of carbonyl (C=O) groups excluding carboxylic acids is 1. The quantitative estimate of drug-likeness (QED) is 0.360. The summed E-state index contributed by atoms with van der Waals surface area (Å²) >= 11 is 0. The van der Waals surface area contributed by atoms with E-state index in [4.69, 9.17) is 9.94 Å². The molecular formula is C12H18N2O5. The lowest BCUT2D eigenvalue weighted by molar-refractivity contribution is -0.134. The SMILES string of the molecule is COc1cccc(O)c1CN[C@H](C(=O)NO)[C@@H](C)O. The van der Waals surface area contributed by atoms with Crippen LogP contribution in [-0.4, -0.2) is 40.6 Å². The number of methoxy groups -OCH3 is 1. The number of hydroxylamine groups is 1. The number of rotatable bonds is 6. The van der Waals surface area contributed by atoms with E-state index in [1.807, 2.05) is 0 Å². The number of nitrogens with one attached hydrogen (secondary N) is 2. The molecule has 1 aromatic carbocycles. The van der Waals surface area contributed by atoms with Crippen molar-refractivity contribution >= 4 is 5.91 Å². The molecule has 1 rings (SSSR count). The topological polar surface area (TPSA) is 111 Å². The van der Waals surface area contributed by atoms with Crippen LogP contribution in [-0.2, 0) is 11.3 Å². The highest BCUT2D eigenvalue weighted by Gasteiger charge is 2.23. The molecule has 106 valence electrons. The van der Waals surface area contributed by atoms with Crippen LogP contribution < -0.4 is 15.5 Å². The van der Waals surface area contributed by atoms with E-state index in [1.165, 1.54) is 25.6 Å². The summed E-state index contributed by atoms with van der Waals surface area (Å²) in [6.45, 7) is 1.51. The zero-order chi connectivity index (χ0) is 14.4. The minimum Gasteiger partial charge on any atom is -0.507 e. The van der Waals surface area contributed by atoms with E-state index in [0.717, 1.165) is 0 Å². The number of amides is 1. The van der Waals surface area contributed by atoms with E-state index >= 15 is 0 Å². The Morgan fingerprint density at radius 1 is 1.47 bits per heavy atom. The fraction of sp³-hybridized carbons (Fsp3) is 0.417. The average molecular weight is 270 g/mol. The van der Waals surface area contributed by atoms with Gasteiger partial charge >= 0.3 is 0 Å². The first-order valence-corrected chi connectivity index (χ1v) is 5.71. The van der Waals surface area contributed by atoms with E-state index in [2.05, 4.69) is 5.32 Å². The summed E-state index contributed by atoms with van der Waals surface area (Å²) in [5.74, 6) is -0.286. The number of aliphatic hydroxyl groups excluding tert-OH is 1. The van der Waals surface area contributed by atoms with Crippen molar-refractivity contribution in [2.24, 2.45) is 0 Å². The third-order valence-corrected chi connectivity index (χ3v) is 2.70. The molecule has 5 N–H and O–H groups in total. The maximum absolute atomic E-state index is 11.3. The molecule has 7 nitrogen and oxygen atoms in total. The second kappa shape index (κ2) is 6.93. The summed E-state index contributed by atoms with van der Waals surface area (Å²) in [6, 6.07) is 3.78. The molecule has 0 heterocycles. The molecule has 0 aliphatic heterocycles. The lowest BCUT2D eigenvalue weighted by Crippen LogP contribution is -2.49. The Morgan fingerprint density at radius 3 is 2.68 bits per heavy atom. The Balaban J connectivity index is 2.82. The Morgan fingerprint density at radius 2 is 2.16 bits per heavy atom. The van der Waals surface area contributed by atoms with Gasteiger partial charge in [0.15, 0.2) is 0 Å². The fourth-order valence-electron chi connectivity index (χ4n) is 1.69. The van der Waals surface area contributed by atoms with Crippen molar-refractivity contribution in [2.45, 2.75) is 25.6 Å². The number of hydrogen-bond acceptors (Lipinski definition) is 6. The van der Waals surface area contributed by atoms with Gasteiger partial charge in [-0.05, 0) is 19.1 Å². The van der Waals surface area contributed by atoms with Crippen LogP contribution >= 0.6 is 0 Å². The molecule has 0 radical (unpaired) electrons.